The lowest BCUT2D eigenvalue weighted by Gasteiger charge is -2.12. The molecular formula is C20H29F3IN5OS. The van der Waals surface area contributed by atoms with Gasteiger partial charge in [0.05, 0.1) is 11.6 Å². The van der Waals surface area contributed by atoms with Crippen LogP contribution in [-0.4, -0.2) is 56.7 Å². The molecule has 2 aromatic rings. The normalized spacial score (nSPS) is 11.9. The Morgan fingerprint density at radius 3 is 2.48 bits per heavy atom. The molecule has 1 aromatic carbocycles. The Kier molecular flexibility index (Phi) is 12.2. The summed E-state index contributed by atoms with van der Waals surface area (Å²) < 4.78 is 43.5. The van der Waals surface area contributed by atoms with Gasteiger partial charge >= 0.3 is 6.18 Å². The molecule has 0 saturated heterocycles. The number of hydrogen-bond acceptors (Lipinski definition) is 5. The maximum absolute atomic E-state index is 12.6. The summed E-state index contributed by atoms with van der Waals surface area (Å²) in [5.41, 5.74) is 0.225. The lowest BCUT2D eigenvalue weighted by molar-refractivity contribution is -0.140. The van der Waals surface area contributed by atoms with E-state index in [9.17, 15) is 13.2 Å². The van der Waals surface area contributed by atoms with Gasteiger partial charge in [0.15, 0.2) is 11.7 Å². The van der Waals surface area contributed by atoms with E-state index in [0.717, 1.165) is 41.0 Å². The topological polar surface area (TPSA) is 61.8 Å². The number of benzene rings is 1. The predicted octanol–water partition coefficient (Wildman–Crippen LogP) is 4.02. The summed E-state index contributed by atoms with van der Waals surface area (Å²) in [6.07, 6.45) is -3.04. The molecular weight excluding hydrogens is 542 g/mol. The number of nitrogens with zero attached hydrogens (tertiary/aromatic N) is 3. The van der Waals surface area contributed by atoms with Gasteiger partial charge in [-0.25, -0.2) is 4.98 Å². The first kappa shape index (κ1) is 27.4. The first-order valence-electron chi connectivity index (χ1n) is 9.60. The summed E-state index contributed by atoms with van der Waals surface area (Å²) in [4.78, 5) is 9.87. The molecule has 1 aromatic heterocycles. The third-order valence-corrected chi connectivity index (χ3v) is 5.01. The minimum Gasteiger partial charge on any atom is -0.494 e. The zero-order valence-corrected chi connectivity index (χ0v) is 21.0. The molecule has 0 aliphatic carbocycles. The number of alkyl halides is 3. The van der Waals surface area contributed by atoms with E-state index in [1.807, 2.05) is 38.4 Å². The number of guanidine groups is 1. The number of hydrogen-bond donors (Lipinski definition) is 2. The molecule has 0 atom stereocenters. The zero-order valence-electron chi connectivity index (χ0n) is 17.8. The first-order valence-corrected chi connectivity index (χ1v) is 10.5. The van der Waals surface area contributed by atoms with Crippen LogP contribution in [0, 0.1) is 0 Å². The van der Waals surface area contributed by atoms with Crippen molar-refractivity contribution in [2.24, 2.45) is 4.99 Å². The number of aliphatic imine (C=N–C) groups is 1. The van der Waals surface area contributed by atoms with Crippen LogP contribution in [-0.2, 0) is 19.1 Å². The Morgan fingerprint density at radius 2 is 1.90 bits per heavy atom. The fourth-order valence-corrected chi connectivity index (χ4v) is 3.33. The average Bonchev–Trinajstić information content (AvgIpc) is 3.18. The molecule has 1 heterocycles. The third-order valence-electron chi connectivity index (χ3n) is 4.10. The van der Waals surface area contributed by atoms with Gasteiger partial charge in [-0.2, -0.15) is 13.2 Å². The van der Waals surface area contributed by atoms with Crippen molar-refractivity contribution in [1.29, 1.82) is 0 Å². The summed E-state index contributed by atoms with van der Waals surface area (Å²) >= 11 is 1.01. The van der Waals surface area contributed by atoms with Crippen LogP contribution < -0.4 is 15.4 Å². The second-order valence-corrected chi connectivity index (χ2v) is 7.82. The van der Waals surface area contributed by atoms with Crippen LogP contribution in [0.5, 0.6) is 5.75 Å². The van der Waals surface area contributed by atoms with E-state index in [-0.39, 0.29) is 24.0 Å². The van der Waals surface area contributed by atoms with E-state index >= 15 is 0 Å². The minimum atomic E-state index is -4.40. The van der Waals surface area contributed by atoms with Gasteiger partial charge in [0, 0.05) is 38.5 Å². The van der Waals surface area contributed by atoms with Crippen molar-refractivity contribution in [3.05, 3.63) is 45.9 Å². The molecule has 0 bridgehead atoms. The number of thiazole rings is 1. The van der Waals surface area contributed by atoms with E-state index in [4.69, 9.17) is 4.74 Å². The number of halogens is 4. The molecule has 0 amide bonds. The van der Waals surface area contributed by atoms with Crippen LogP contribution in [0.25, 0.3) is 0 Å². The van der Waals surface area contributed by atoms with Gasteiger partial charge in [-0.3, -0.25) is 4.99 Å². The van der Waals surface area contributed by atoms with Crippen LogP contribution in [0.3, 0.4) is 0 Å². The minimum absolute atomic E-state index is 0. The maximum Gasteiger partial charge on any atom is 0.434 e. The largest absolute Gasteiger partial charge is 0.494 e. The molecule has 2 rings (SSSR count). The SMILES string of the molecule is CN=C(NCCc1nc(C(F)(F)F)cs1)NCc1ccc(OCCCN(C)C)cc1.I. The van der Waals surface area contributed by atoms with Crippen molar-refractivity contribution in [1.82, 2.24) is 20.5 Å². The second kappa shape index (κ2) is 13.7. The molecule has 0 radical (unpaired) electrons. The first-order chi connectivity index (χ1) is 14.3. The van der Waals surface area contributed by atoms with Crippen molar-refractivity contribution >= 4 is 41.3 Å². The number of nitrogens with one attached hydrogen (secondary N) is 2. The van der Waals surface area contributed by atoms with Crippen LogP contribution in [0.1, 0.15) is 22.7 Å². The molecule has 0 aliphatic heterocycles. The number of rotatable bonds is 10. The molecule has 2 N–H and O–H groups in total. The fourth-order valence-electron chi connectivity index (χ4n) is 2.52. The smallest absolute Gasteiger partial charge is 0.434 e. The third kappa shape index (κ3) is 10.5. The van der Waals surface area contributed by atoms with E-state index in [0.29, 0.717) is 37.1 Å². The van der Waals surface area contributed by atoms with Crippen LogP contribution in [0.4, 0.5) is 13.2 Å². The molecule has 0 aliphatic rings. The predicted molar refractivity (Wildman–Crippen MR) is 130 cm³/mol. The molecule has 6 nitrogen and oxygen atoms in total. The van der Waals surface area contributed by atoms with Crippen molar-refractivity contribution < 1.29 is 17.9 Å². The Bertz CT molecular complexity index is 797. The maximum atomic E-state index is 12.6. The van der Waals surface area contributed by atoms with E-state index in [1.54, 1.807) is 7.05 Å². The van der Waals surface area contributed by atoms with Gasteiger partial charge in [0.2, 0.25) is 0 Å². The summed E-state index contributed by atoms with van der Waals surface area (Å²) in [7, 11) is 5.71. The molecule has 11 heteroatoms. The highest BCUT2D eigenvalue weighted by Gasteiger charge is 2.33. The molecule has 0 unspecified atom stereocenters. The number of ether oxygens (including phenoxy) is 1. The van der Waals surface area contributed by atoms with Gasteiger partial charge in [0.1, 0.15) is 5.75 Å². The molecule has 0 fully saturated rings. The monoisotopic (exact) mass is 571 g/mol. The average molecular weight is 571 g/mol. The lowest BCUT2D eigenvalue weighted by atomic mass is 10.2. The summed E-state index contributed by atoms with van der Waals surface area (Å²) in [6.45, 7) is 2.66. The Hall–Kier alpha value is -1.60. The molecule has 0 spiro atoms. The quantitative estimate of drug-likeness (QED) is 0.195. The zero-order chi connectivity index (χ0) is 22.0. The van der Waals surface area contributed by atoms with Crippen LogP contribution in [0.15, 0.2) is 34.6 Å². The summed E-state index contributed by atoms with van der Waals surface area (Å²) in [5.74, 6) is 1.41. The van der Waals surface area contributed by atoms with Crippen molar-refractivity contribution in [2.75, 3.05) is 40.8 Å². The van der Waals surface area contributed by atoms with Crippen molar-refractivity contribution in [3.63, 3.8) is 0 Å². The van der Waals surface area contributed by atoms with Gasteiger partial charge in [0.25, 0.3) is 0 Å². The molecule has 31 heavy (non-hydrogen) atoms. The van der Waals surface area contributed by atoms with E-state index < -0.39 is 11.9 Å². The summed E-state index contributed by atoms with van der Waals surface area (Å²) in [5, 5.41) is 7.74. The van der Waals surface area contributed by atoms with Gasteiger partial charge in [-0.15, -0.1) is 35.3 Å². The van der Waals surface area contributed by atoms with Crippen LogP contribution >= 0.6 is 35.3 Å². The molecule has 174 valence electrons. The second-order valence-electron chi connectivity index (χ2n) is 6.88. The highest BCUT2D eigenvalue weighted by Crippen LogP contribution is 2.30. The standard InChI is InChI=1S/C20H28F3N5OS.HI/c1-24-19(25-10-9-18-27-17(14-30-18)20(21,22)23)26-13-15-5-7-16(8-6-15)29-12-4-11-28(2)3;/h5-8,14H,4,9-13H2,1-3H3,(H2,24,25,26);1H. The van der Waals surface area contributed by atoms with Crippen molar-refractivity contribution in [2.45, 2.75) is 25.6 Å². The van der Waals surface area contributed by atoms with Gasteiger partial charge < -0.3 is 20.3 Å². The van der Waals surface area contributed by atoms with Gasteiger partial charge in [-0.05, 0) is 38.2 Å². The van der Waals surface area contributed by atoms with E-state index in [1.165, 1.54) is 0 Å². The summed E-state index contributed by atoms with van der Waals surface area (Å²) in [6, 6.07) is 7.83. The Balaban J connectivity index is 0.00000480. The fraction of sp³-hybridized carbons (Fsp3) is 0.500. The number of aromatic nitrogens is 1. The Morgan fingerprint density at radius 1 is 1.19 bits per heavy atom. The Labute approximate surface area is 202 Å². The highest BCUT2D eigenvalue weighted by molar-refractivity contribution is 14.0. The van der Waals surface area contributed by atoms with Crippen molar-refractivity contribution in [3.8, 4) is 5.75 Å². The molecule has 0 saturated carbocycles. The highest BCUT2D eigenvalue weighted by atomic mass is 127. The van der Waals surface area contributed by atoms with Crippen LogP contribution in [0.2, 0.25) is 0 Å². The lowest BCUT2D eigenvalue weighted by Crippen LogP contribution is -2.37. The van der Waals surface area contributed by atoms with Gasteiger partial charge in [-0.1, -0.05) is 12.1 Å². The van der Waals surface area contributed by atoms with E-state index in [2.05, 4.69) is 25.5 Å².